The minimum Gasteiger partial charge on any atom is -0.497 e. The summed E-state index contributed by atoms with van der Waals surface area (Å²) in [6, 6.07) is 16.4. The van der Waals surface area contributed by atoms with E-state index in [2.05, 4.69) is 30.3 Å². The first-order valence-corrected chi connectivity index (χ1v) is 7.16. The Morgan fingerprint density at radius 1 is 1.15 bits per heavy atom. The second-order valence-corrected chi connectivity index (χ2v) is 5.50. The van der Waals surface area contributed by atoms with Crippen molar-refractivity contribution in [2.75, 3.05) is 7.11 Å². The number of aliphatic hydroxyl groups is 1. The number of ether oxygens (including phenoxy) is 1. The third-order valence-electron chi connectivity index (χ3n) is 4.24. The molecule has 0 aliphatic heterocycles. The third-order valence-corrected chi connectivity index (χ3v) is 4.24. The Balaban J connectivity index is 1.83. The first-order chi connectivity index (χ1) is 9.78. The lowest BCUT2D eigenvalue weighted by atomic mass is 9.78. The summed E-state index contributed by atoms with van der Waals surface area (Å²) in [5.74, 6) is 1.11. The highest BCUT2D eigenvalue weighted by Gasteiger charge is 2.28. The predicted molar refractivity (Wildman–Crippen MR) is 79.9 cm³/mol. The van der Waals surface area contributed by atoms with Crippen LogP contribution in [0, 0.1) is 5.92 Å². The molecule has 1 aliphatic rings. The van der Waals surface area contributed by atoms with Crippen molar-refractivity contribution < 1.29 is 9.84 Å². The minimum atomic E-state index is -0.394. The summed E-state index contributed by atoms with van der Waals surface area (Å²) >= 11 is 0. The molecule has 0 fully saturated rings. The van der Waals surface area contributed by atoms with E-state index in [-0.39, 0.29) is 5.92 Å². The highest BCUT2D eigenvalue weighted by molar-refractivity contribution is 5.39. The summed E-state index contributed by atoms with van der Waals surface area (Å²) in [4.78, 5) is 0. The summed E-state index contributed by atoms with van der Waals surface area (Å²) in [5, 5.41) is 10.6. The number of fused-ring (bicyclic) bond motifs is 1. The van der Waals surface area contributed by atoms with Gasteiger partial charge in [0.1, 0.15) is 5.75 Å². The highest BCUT2D eigenvalue weighted by atomic mass is 16.5. The van der Waals surface area contributed by atoms with Gasteiger partial charge >= 0.3 is 0 Å². The van der Waals surface area contributed by atoms with E-state index in [1.165, 1.54) is 11.1 Å². The zero-order valence-electron chi connectivity index (χ0n) is 11.8. The molecule has 0 aromatic heterocycles. The molecule has 0 saturated heterocycles. The van der Waals surface area contributed by atoms with Crippen LogP contribution in [-0.4, -0.2) is 12.2 Å². The fourth-order valence-electron chi connectivity index (χ4n) is 3.09. The Bertz CT molecular complexity index is 577. The summed E-state index contributed by atoms with van der Waals surface area (Å²) in [6.07, 6.45) is 2.61. The van der Waals surface area contributed by atoms with Crippen LogP contribution in [0.5, 0.6) is 5.75 Å². The van der Waals surface area contributed by atoms with Gasteiger partial charge < -0.3 is 9.84 Å². The van der Waals surface area contributed by atoms with Crippen LogP contribution in [-0.2, 0) is 12.8 Å². The quantitative estimate of drug-likeness (QED) is 0.922. The normalized spacial score (nSPS) is 21.3. The Labute approximate surface area is 120 Å². The van der Waals surface area contributed by atoms with Crippen LogP contribution in [0.2, 0.25) is 0 Å². The van der Waals surface area contributed by atoms with Gasteiger partial charge in [0.15, 0.2) is 0 Å². The molecule has 104 valence electrons. The fourth-order valence-corrected chi connectivity index (χ4v) is 3.09. The Morgan fingerprint density at radius 3 is 2.70 bits per heavy atom. The van der Waals surface area contributed by atoms with E-state index in [0.717, 1.165) is 30.6 Å². The molecule has 2 unspecified atom stereocenters. The van der Waals surface area contributed by atoms with E-state index in [1.807, 2.05) is 18.2 Å². The van der Waals surface area contributed by atoms with Gasteiger partial charge in [-0.2, -0.15) is 0 Å². The maximum absolute atomic E-state index is 10.6. The largest absolute Gasteiger partial charge is 0.497 e. The molecule has 0 bridgehead atoms. The lowest BCUT2D eigenvalue weighted by Gasteiger charge is -2.30. The van der Waals surface area contributed by atoms with Gasteiger partial charge in [0.05, 0.1) is 13.2 Å². The molecule has 0 radical (unpaired) electrons. The Morgan fingerprint density at radius 2 is 1.95 bits per heavy atom. The van der Waals surface area contributed by atoms with Crippen molar-refractivity contribution in [3.63, 3.8) is 0 Å². The van der Waals surface area contributed by atoms with E-state index in [4.69, 9.17) is 4.74 Å². The number of hydrogen-bond acceptors (Lipinski definition) is 2. The molecule has 20 heavy (non-hydrogen) atoms. The van der Waals surface area contributed by atoms with Crippen LogP contribution in [0.4, 0.5) is 0 Å². The second-order valence-electron chi connectivity index (χ2n) is 5.50. The monoisotopic (exact) mass is 268 g/mol. The van der Waals surface area contributed by atoms with Gasteiger partial charge in [-0.05, 0) is 54.0 Å². The average molecular weight is 268 g/mol. The smallest absolute Gasteiger partial charge is 0.119 e. The van der Waals surface area contributed by atoms with Crippen molar-refractivity contribution in [3.05, 3.63) is 65.2 Å². The maximum Gasteiger partial charge on any atom is 0.119 e. The summed E-state index contributed by atoms with van der Waals surface area (Å²) in [7, 11) is 1.67. The van der Waals surface area contributed by atoms with Crippen molar-refractivity contribution >= 4 is 0 Å². The van der Waals surface area contributed by atoms with Gasteiger partial charge in [0.25, 0.3) is 0 Å². The van der Waals surface area contributed by atoms with Crippen molar-refractivity contribution in [2.45, 2.75) is 25.4 Å². The molecule has 1 N–H and O–H groups in total. The van der Waals surface area contributed by atoms with Crippen LogP contribution >= 0.6 is 0 Å². The Hall–Kier alpha value is -1.80. The van der Waals surface area contributed by atoms with E-state index in [0.29, 0.717) is 0 Å². The molecule has 2 aromatic rings. The SMILES string of the molecule is COc1ccc2c(c1)C(O)C(Cc1ccccc1)CC2. The lowest BCUT2D eigenvalue weighted by Crippen LogP contribution is -2.22. The standard InChI is InChI=1S/C18H20O2/c1-20-16-10-9-14-7-8-15(18(19)17(14)12-16)11-13-5-3-2-4-6-13/h2-6,9-10,12,15,18-19H,7-8,11H2,1H3. The van der Waals surface area contributed by atoms with Crippen molar-refractivity contribution in [1.29, 1.82) is 0 Å². The molecule has 2 heteroatoms. The van der Waals surface area contributed by atoms with Crippen LogP contribution in [0.1, 0.15) is 29.2 Å². The highest BCUT2D eigenvalue weighted by Crippen LogP contribution is 2.37. The maximum atomic E-state index is 10.6. The predicted octanol–water partition coefficient (Wildman–Crippen LogP) is 3.53. The molecule has 2 nitrogen and oxygen atoms in total. The van der Waals surface area contributed by atoms with Crippen LogP contribution < -0.4 is 4.74 Å². The molecular weight excluding hydrogens is 248 g/mol. The molecular formula is C18H20O2. The van der Waals surface area contributed by atoms with Gasteiger partial charge in [-0.1, -0.05) is 36.4 Å². The number of benzene rings is 2. The zero-order chi connectivity index (χ0) is 13.9. The lowest BCUT2D eigenvalue weighted by molar-refractivity contribution is 0.0934. The zero-order valence-corrected chi connectivity index (χ0v) is 11.8. The second kappa shape index (κ2) is 5.68. The summed E-state index contributed by atoms with van der Waals surface area (Å²) in [5.41, 5.74) is 3.59. The number of rotatable bonds is 3. The summed E-state index contributed by atoms with van der Waals surface area (Å²) < 4.78 is 5.27. The molecule has 3 rings (SSSR count). The van der Waals surface area contributed by atoms with Crippen LogP contribution in [0.15, 0.2) is 48.5 Å². The van der Waals surface area contributed by atoms with Crippen molar-refractivity contribution in [1.82, 2.24) is 0 Å². The van der Waals surface area contributed by atoms with Gasteiger partial charge in [-0.25, -0.2) is 0 Å². The van der Waals surface area contributed by atoms with E-state index < -0.39 is 6.10 Å². The molecule has 0 spiro atoms. The van der Waals surface area contributed by atoms with E-state index in [1.54, 1.807) is 7.11 Å². The topological polar surface area (TPSA) is 29.5 Å². The molecule has 0 saturated carbocycles. The molecule has 2 atom stereocenters. The van der Waals surface area contributed by atoms with Crippen LogP contribution in [0.25, 0.3) is 0 Å². The van der Waals surface area contributed by atoms with Crippen molar-refractivity contribution in [3.8, 4) is 5.75 Å². The molecule has 2 aromatic carbocycles. The fraction of sp³-hybridized carbons (Fsp3) is 0.333. The number of aliphatic hydroxyl groups excluding tert-OH is 1. The van der Waals surface area contributed by atoms with Gasteiger partial charge in [0, 0.05) is 0 Å². The first-order valence-electron chi connectivity index (χ1n) is 7.16. The third kappa shape index (κ3) is 2.56. The van der Waals surface area contributed by atoms with Crippen LogP contribution in [0.3, 0.4) is 0 Å². The van der Waals surface area contributed by atoms with Crippen molar-refractivity contribution in [2.24, 2.45) is 5.92 Å². The number of methoxy groups -OCH3 is 1. The molecule has 0 heterocycles. The first kappa shape index (κ1) is 13.2. The average Bonchev–Trinajstić information content (AvgIpc) is 2.51. The van der Waals surface area contributed by atoms with E-state index >= 15 is 0 Å². The van der Waals surface area contributed by atoms with Gasteiger partial charge in [0.2, 0.25) is 0 Å². The van der Waals surface area contributed by atoms with Gasteiger partial charge in [-0.3, -0.25) is 0 Å². The number of aryl methyl sites for hydroxylation is 1. The molecule has 1 aliphatic carbocycles. The molecule has 0 amide bonds. The van der Waals surface area contributed by atoms with E-state index in [9.17, 15) is 5.11 Å². The Kier molecular flexibility index (Phi) is 3.75. The summed E-state index contributed by atoms with van der Waals surface area (Å²) in [6.45, 7) is 0. The minimum absolute atomic E-state index is 0.289. The van der Waals surface area contributed by atoms with Gasteiger partial charge in [-0.15, -0.1) is 0 Å². The number of hydrogen-bond donors (Lipinski definition) is 1.